The highest BCUT2D eigenvalue weighted by atomic mass is 32.2. The van der Waals surface area contributed by atoms with Crippen LogP contribution in [0.2, 0.25) is 0 Å². The molecule has 0 saturated heterocycles. The second-order valence-corrected chi connectivity index (χ2v) is 4.19. The van der Waals surface area contributed by atoms with Crippen molar-refractivity contribution >= 4 is 17.7 Å². The lowest BCUT2D eigenvalue weighted by Crippen LogP contribution is -1.98. The summed E-state index contributed by atoms with van der Waals surface area (Å²) in [5, 5.41) is 0. The largest absolute Gasteiger partial charge is 0.463 e. The quantitative estimate of drug-likeness (QED) is 0.441. The minimum atomic E-state index is -0.261. The minimum Gasteiger partial charge on any atom is -0.463 e. The third kappa shape index (κ3) is 8.88. The third-order valence-corrected chi connectivity index (χ3v) is 2.83. The van der Waals surface area contributed by atoms with Crippen molar-refractivity contribution in [3.63, 3.8) is 0 Å². The summed E-state index contributed by atoms with van der Waals surface area (Å²) in [7, 11) is 0. The van der Waals surface area contributed by atoms with Gasteiger partial charge in [-0.2, -0.15) is 11.8 Å². The van der Waals surface area contributed by atoms with Gasteiger partial charge in [0.1, 0.15) is 0 Å². The van der Waals surface area contributed by atoms with Crippen LogP contribution >= 0.6 is 11.8 Å². The average molecular weight is 266 g/mol. The molecule has 0 aliphatic heterocycles. The van der Waals surface area contributed by atoms with Gasteiger partial charge < -0.3 is 4.74 Å². The molecular formula is C15H22O2S. The van der Waals surface area contributed by atoms with Crippen molar-refractivity contribution in [2.75, 3.05) is 12.4 Å². The molecule has 0 unspecified atom stereocenters. The Bertz CT molecular complexity index is 334. The molecule has 0 heterocycles. The summed E-state index contributed by atoms with van der Waals surface area (Å²) in [6, 6.07) is 10.3. The first-order valence-corrected chi connectivity index (χ1v) is 7.43. The van der Waals surface area contributed by atoms with Crippen LogP contribution in [0.25, 0.3) is 0 Å². The number of rotatable bonds is 6. The first kappa shape index (κ1) is 16.8. The second-order valence-electron chi connectivity index (χ2n) is 3.16. The van der Waals surface area contributed by atoms with Crippen LogP contribution in [0.1, 0.15) is 26.3 Å². The van der Waals surface area contributed by atoms with Gasteiger partial charge in [0, 0.05) is 17.6 Å². The summed E-state index contributed by atoms with van der Waals surface area (Å²) in [5.41, 5.74) is 1.30. The fourth-order valence-electron chi connectivity index (χ4n) is 1.15. The van der Waals surface area contributed by atoms with E-state index in [1.807, 2.05) is 38.1 Å². The van der Waals surface area contributed by atoms with Gasteiger partial charge in [0.15, 0.2) is 0 Å². The number of esters is 1. The molecule has 0 N–H and O–H groups in total. The van der Waals surface area contributed by atoms with Gasteiger partial charge in [0.05, 0.1) is 6.61 Å². The first-order chi connectivity index (χ1) is 8.83. The highest BCUT2D eigenvalue weighted by Gasteiger charge is 1.93. The van der Waals surface area contributed by atoms with Gasteiger partial charge in [-0.3, -0.25) is 0 Å². The van der Waals surface area contributed by atoms with E-state index in [9.17, 15) is 4.79 Å². The van der Waals surface area contributed by atoms with Crippen LogP contribution in [0.15, 0.2) is 42.5 Å². The normalized spacial score (nSPS) is 9.72. The number of thioether (sulfide) groups is 1. The number of hydrogen-bond acceptors (Lipinski definition) is 3. The van der Waals surface area contributed by atoms with Crippen molar-refractivity contribution in [2.24, 2.45) is 0 Å². The van der Waals surface area contributed by atoms with Gasteiger partial charge in [0.25, 0.3) is 0 Å². The standard InChI is InChI=1S/C13H16O2S.C2H6/c1-2-15-13(14)9-6-10-16-11-12-7-4-3-5-8-12;1-2/h3-9H,2,10-11H2,1H3;1-2H3/b9-6+;. The topological polar surface area (TPSA) is 26.3 Å². The summed E-state index contributed by atoms with van der Waals surface area (Å²) in [6.07, 6.45) is 3.33. The maximum atomic E-state index is 11.0. The molecule has 3 heteroatoms. The number of ether oxygens (including phenoxy) is 1. The Morgan fingerprint density at radius 3 is 2.56 bits per heavy atom. The molecule has 1 aromatic rings. The van der Waals surface area contributed by atoms with E-state index in [1.54, 1.807) is 18.7 Å². The van der Waals surface area contributed by atoms with Crippen LogP contribution in [0, 0.1) is 0 Å². The Balaban J connectivity index is 0.00000137. The molecular weight excluding hydrogens is 244 g/mol. The lowest BCUT2D eigenvalue weighted by Gasteiger charge is -1.98. The molecule has 0 radical (unpaired) electrons. The molecule has 1 aromatic carbocycles. The van der Waals surface area contributed by atoms with Crippen molar-refractivity contribution in [3.8, 4) is 0 Å². The van der Waals surface area contributed by atoms with Gasteiger partial charge in [-0.1, -0.05) is 50.3 Å². The number of benzene rings is 1. The fraction of sp³-hybridized carbons (Fsp3) is 0.400. The summed E-state index contributed by atoms with van der Waals surface area (Å²) < 4.78 is 4.77. The Hall–Kier alpha value is -1.22. The van der Waals surface area contributed by atoms with E-state index in [1.165, 1.54) is 11.6 Å². The molecule has 0 saturated carbocycles. The number of carbonyl (C=O) groups is 1. The van der Waals surface area contributed by atoms with Gasteiger partial charge in [-0.05, 0) is 12.5 Å². The van der Waals surface area contributed by atoms with E-state index >= 15 is 0 Å². The van der Waals surface area contributed by atoms with E-state index in [4.69, 9.17) is 4.74 Å². The average Bonchev–Trinajstić information content (AvgIpc) is 2.42. The Labute approximate surface area is 114 Å². The summed E-state index contributed by atoms with van der Waals surface area (Å²) >= 11 is 1.77. The third-order valence-electron chi connectivity index (χ3n) is 1.87. The molecule has 0 aliphatic carbocycles. The molecule has 18 heavy (non-hydrogen) atoms. The maximum Gasteiger partial charge on any atom is 0.330 e. The van der Waals surface area contributed by atoms with E-state index in [-0.39, 0.29) is 5.97 Å². The number of carbonyl (C=O) groups excluding carboxylic acids is 1. The molecule has 2 nitrogen and oxygen atoms in total. The van der Waals surface area contributed by atoms with Crippen LogP contribution in [-0.4, -0.2) is 18.3 Å². The van der Waals surface area contributed by atoms with Crippen LogP contribution in [-0.2, 0) is 15.3 Å². The molecule has 0 atom stereocenters. The smallest absolute Gasteiger partial charge is 0.330 e. The van der Waals surface area contributed by atoms with E-state index in [0.29, 0.717) is 6.61 Å². The van der Waals surface area contributed by atoms with E-state index in [2.05, 4.69) is 12.1 Å². The fourth-order valence-corrected chi connectivity index (χ4v) is 1.93. The van der Waals surface area contributed by atoms with Crippen molar-refractivity contribution in [3.05, 3.63) is 48.0 Å². The first-order valence-electron chi connectivity index (χ1n) is 6.28. The van der Waals surface area contributed by atoms with Crippen molar-refractivity contribution in [2.45, 2.75) is 26.5 Å². The Morgan fingerprint density at radius 2 is 1.94 bits per heavy atom. The molecule has 0 bridgehead atoms. The monoisotopic (exact) mass is 266 g/mol. The van der Waals surface area contributed by atoms with Crippen molar-refractivity contribution in [1.29, 1.82) is 0 Å². The summed E-state index contributed by atoms with van der Waals surface area (Å²) in [4.78, 5) is 11.0. The van der Waals surface area contributed by atoms with Crippen molar-refractivity contribution < 1.29 is 9.53 Å². The van der Waals surface area contributed by atoms with Crippen molar-refractivity contribution in [1.82, 2.24) is 0 Å². The Morgan fingerprint density at radius 1 is 1.28 bits per heavy atom. The predicted octanol–water partition coefficient (Wildman–Crippen LogP) is 4.07. The summed E-state index contributed by atoms with van der Waals surface area (Å²) in [6.45, 7) is 6.23. The van der Waals surface area contributed by atoms with Gasteiger partial charge in [-0.25, -0.2) is 4.79 Å². The molecule has 0 fully saturated rings. The Kier molecular flexibility index (Phi) is 11.4. The second kappa shape index (κ2) is 12.2. The zero-order valence-electron chi connectivity index (χ0n) is 11.4. The minimum absolute atomic E-state index is 0.261. The SMILES string of the molecule is CC.CCOC(=O)/C=C/CSCc1ccccc1. The van der Waals surface area contributed by atoms with Gasteiger partial charge >= 0.3 is 5.97 Å². The molecule has 0 aromatic heterocycles. The van der Waals surface area contributed by atoms with E-state index < -0.39 is 0 Å². The zero-order valence-corrected chi connectivity index (χ0v) is 12.2. The molecule has 0 spiro atoms. The van der Waals surface area contributed by atoms with E-state index in [0.717, 1.165) is 11.5 Å². The lowest BCUT2D eigenvalue weighted by atomic mass is 10.2. The zero-order chi connectivity index (χ0) is 13.6. The van der Waals surface area contributed by atoms with Crippen LogP contribution in [0.4, 0.5) is 0 Å². The highest BCUT2D eigenvalue weighted by molar-refractivity contribution is 7.98. The molecule has 0 amide bonds. The molecule has 1 rings (SSSR count). The van der Waals surface area contributed by atoms with Gasteiger partial charge in [0.2, 0.25) is 0 Å². The summed E-state index contributed by atoms with van der Waals surface area (Å²) in [5.74, 6) is 1.53. The van der Waals surface area contributed by atoms with Crippen LogP contribution in [0.5, 0.6) is 0 Å². The van der Waals surface area contributed by atoms with Crippen LogP contribution < -0.4 is 0 Å². The highest BCUT2D eigenvalue weighted by Crippen LogP contribution is 2.11. The van der Waals surface area contributed by atoms with Crippen LogP contribution in [0.3, 0.4) is 0 Å². The predicted molar refractivity (Wildman–Crippen MR) is 79.7 cm³/mol. The lowest BCUT2D eigenvalue weighted by molar-refractivity contribution is -0.137. The number of hydrogen-bond donors (Lipinski definition) is 0. The molecule has 100 valence electrons. The maximum absolute atomic E-state index is 11.0. The molecule has 0 aliphatic rings. The van der Waals surface area contributed by atoms with Gasteiger partial charge in [-0.15, -0.1) is 0 Å².